The fourth-order valence-electron chi connectivity index (χ4n) is 1.57. The summed E-state index contributed by atoms with van der Waals surface area (Å²) in [6.45, 7) is 11.9. The van der Waals surface area contributed by atoms with Crippen LogP contribution >= 0.6 is 21.0 Å². The molecule has 1 aliphatic heterocycles. The monoisotopic (exact) mass is 387 g/mol. The molecule has 110 valence electrons. The molecule has 0 unspecified atom stereocenters. The van der Waals surface area contributed by atoms with E-state index in [2.05, 4.69) is 32.2 Å². The number of halogens is 1. The van der Waals surface area contributed by atoms with Gasteiger partial charge in [0.2, 0.25) is 3.69 Å². The van der Waals surface area contributed by atoms with E-state index in [1.54, 1.807) is 0 Å². The average molecular weight is 387 g/mol. The quantitative estimate of drug-likeness (QED) is 0.719. The van der Waals surface area contributed by atoms with Crippen molar-refractivity contribution < 1.29 is 4.74 Å². The normalized spacial score (nSPS) is 12.9. The zero-order valence-electron chi connectivity index (χ0n) is 12.9. The number of aryl methyl sites for hydroxylation is 1. The molecule has 3 rings (SSSR count). The van der Waals surface area contributed by atoms with Crippen molar-refractivity contribution in [3.8, 4) is 0 Å². The van der Waals surface area contributed by atoms with Gasteiger partial charge in [-0.2, -0.15) is 3.21 Å². The Morgan fingerprint density at radius 2 is 1.80 bits per heavy atom. The minimum Gasteiger partial charge on any atom is -0.431 e. The first kappa shape index (κ1) is 16.8. The van der Waals surface area contributed by atoms with E-state index < -0.39 is 21.0 Å². The van der Waals surface area contributed by atoms with Crippen LogP contribution in [0.3, 0.4) is 0 Å². The molecule has 2 heterocycles. The van der Waals surface area contributed by atoms with Gasteiger partial charge in [0.15, 0.2) is 11.7 Å². The molecule has 1 aromatic heterocycles. The van der Waals surface area contributed by atoms with Crippen molar-refractivity contribution in [3.05, 3.63) is 29.6 Å². The summed E-state index contributed by atoms with van der Waals surface area (Å²) < 4.78 is 10.7. The van der Waals surface area contributed by atoms with Crippen molar-refractivity contribution in [2.45, 2.75) is 41.5 Å². The first-order valence-corrected chi connectivity index (χ1v) is 8.97. The fraction of sp³-hybridized carbons (Fsp3) is 0.400. The molecule has 1 N–H and O–H groups in total. The van der Waals surface area contributed by atoms with Crippen molar-refractivity contribution in [2.75, 3.05) is 0 Å². The van der Waals surface area contributed by atoms with Crippen molar-refractivity contribution >= 4 is 41.6 Å². The van der Waals surface area contributed by atoms with Crippen LogP contribution in [0.15, 0.2) is 21.4 Å². The van der Waals surface area contributed by atoms with Crippen molar-refractivity contribution in [1.29, 1.82) is 0 Å². The highest BCUT2D eigenvalue weighted by Crippen LogP contribution is 2.20. The van der Waals surface area contributed by atoms with Crippen molar-refractivity contribution in [1.82, 2.24) is 9.97 Å². The molecule has 0 saturated heterocycles. The van der Waals surface area contributed by atoms with Gasteiger partial charge in [-0.25, -0.2) is 4.98 Å². The minimum atomic E-state index is -0.400. The molecular weight excluding hydrogens is 365 g/mol. The van der Waals surface area contributed by atoms with Crippen LogP contribution < -0.4 is 0 Å². The Morgan fingerprint density at radius 1 is 1.10 bits per heavy atom. The number of nitrogens with zero attached hydrogens (tertiary/aromatic N) is 2. The summed E-state index contributed by atoms with van der Waals surface area (Å²) >= 11 is -0.400. The number of fused-ring (bicyclic) bond motifs is 1. The molecule has 0 saturated carbocycles. The number of hydrogen-bond acceptors (Lipinski definition) is 3. The maximum Gasteiger partial charge on any atom is 0.221 e. The standard InChI is InChI=1S/C11H10IN3O.2C2H6/c1-6-3-4-8-9(5-6)14-11(13-8)10-12-15-7(2)16-10;2*1-2/h3-5H,1-2H3,(H,13,14);2*1-2H3. The molecular formula is C15H22IN3O. The van der Waals surface area contributed by atoms with Gasteiger partial charge in [-0.1, -0.05) is 33.8 Å². The van der Waals surface area contributed by atoms with Crippen LogP contribution in [0.2, 0.25) is 0 Å². The van der Waals surface area contributed by atoms with Gasteiger partial charge in [-0.3, -0.25) is 0 Å². The van der Waals surface area contributed by atoms with Gasteiger partial charge in [0.05, 0.1) is 32.0 Å². The third-order valence-corrected chi connectivity index (χ3v) is 4.39. The first-order valence-electron chi connectivity index (χ1n) is 6.93. The lowest BCUT2D eigenvalue weighted by Crippen LogP contribution is -2.06. The SMILES string of the molecule is CC.CC.CC1=NI=C(c2nc3ccc(C)cc3[nH]2)O1. The third-order valence-electron chi connectivity index (χ3n) is 2.30. The van der Waals surface area contributed by atoms with Crippen molar-refractivity contribution in [3.63, 3.8) is 0 Å². The molecule has 0 bridgehead atoms. The highest BCUT2D eigenvalue weighted by atomic mass is 127. The summed E-state index contributed by atoms with van der Waals surface area (Å²) in [4.78, 5) is 7.79. The molecule has 2 aromatic rings. The smallest absolute Gasteiger partial charge is 0.221 e. The topological polar surface area (TPSA) is 50.3 Å². The molecule has 20 heavy (non-hydrogen) atoms. The highest BCUT2D eigenvalue weighted by molar-refractivity contribution is 14.2. The summed E-state index contributed by atoms with van der Waals surface area (Å²) in [5, 5.41) is 0. The largest absolute Gasteiger partial charge is 0.431 e. The van der Waals surface area contributed by atoms with Crippen LogP contribution in [0, 0.1) is 6.92 Å². The number of ether oxygens (including phenoxy) is 1. The van der Waals surface area contributed by atoms with E-state index in [0.717, 1.165) is 26.5 Å². The Bertz CT molecular complexity index is 629. The molecule has 1 aromatic carbocycles. The Labute approximate surface area is 130 Å². The summed E-state index contributed by atoms with van der Waals surface area (Å²) in [5.41, 5.74) is 3.26. The predicted octanol–water partition coefficient (Wildman–Crippen LogP) is 4.74. The van der Waals surface area contributed by atoms with E-state index in [-0.39, 0.29) is 0 Å². The summed E-state index contributed by atoms with van der Waals surface area (Å²) in [6, 6.07) is 6.17. The summed E-state index contributed by atoms with van der Waals surface area (Å²) in [6.07, 6.45) is 0. The molecule has 0 radical (unpaired) electrons. The van der Waals surface area contributed by atoms with E-state index in [9.17, 15) is 0 Å². The van der Waals surface area contributed by atoms with Crippen LogP contribution in [0.4, 0.5) is 0 Å². The van der Waals surface area contributed by atoms with Crippen LogP contribution in [0.5, 0.6) is 0 Å². The zero-order chi connectivity index (χ0) is 15.1. The Balaban J connectivity index is 0.000000461. The van der Waals surface area contributed by atoms with Crippen LogP contribution in [0.1, 0.15) is 46.0 Å². The lowest BCUT2D eigenvalue weighted by Gasteiger charge is -1.96. The van der Waals surface area contributed by atoms with Crippen LogP contribution in [0.25, 0.3) is 11.0 Å². The van der Waals surface area contributed by atoms with Gasteiger partial charge >= 0.3 is 0 Å². The van der Waals surface area contributed by atoms with E-state index >= 15 is 0 Å². The number of rotatable bonds is 1. The van der Waals surface area contributed by atoms with Gasteiger partial charge in [0, 0.05) is 6.92 Å². The van der Waals surface area contributed by atoms with Crippen molar-refractivity contribution in [2.24, 2.45) is 3.21 Å². The minimum absolute atomic E-state index is 0.400. The second-order valence-corrected chi connectivity index (χ2v) is 5.61. The molecule has 1 aliphatic rings. The number of nitrogens with one attached hydrogen (secondary N) is 1. The van der Waals surface area contributed by atoms with Gasteiger partial charge < -0.3 is 9.72 Å². The average Bonchev–Trinajstić information content (AvgIpc) is 3.08. The number of benzene rings is 1. The maximum atomic E-state index is 5.53. The Kier molecular flexibility index (Phi) is 6.84. The molecule has 0 aliphatic carbocycles. The highest BCUT2D eigenvalue weighted by Gasteiger charge is 2.15. The Hall–Kier alpha value is -1.24. The number of hydrogen-bond donors (Lipinski definition) is 1. The first-order chi connectivity index (χ1) is 9.72. The number of imidazole rings is 1. The van der Waals surface area contributed by atoms with E-state index in [4.69, 9.17) is 4.74 Å². The number of aromatic nitrogens is 2. The fourth-order valence-corrected chi connectivity index (χ4v) is 3.13. The van der Waals surface area contributed by atoms with Gasteiger partial charge in [-0.05, 0) is 24.6 Å². The second kappa shape index (κ2) is 8.14. The Morgan fingerprint density at radius 3 is 2.40 bits per heavy atom. The van der Waals surface area contributed by atoms with Gasteiger partial charge in [0.1, 0.15) is 0 Å². The number of H-pyrrole nitrogens is 1. The molecule has 0 atom stereocenters. The van der Waals surface area contributed by atoms with E-state index in [1.807, 2.05) is 40.7 Å². The summed E-state index contributed by atoms with van der Waals surface area (Å²) in [5.74, 6) is 1.58. The molecule has 4 nitrogen and oxygen atoms in total. The maximum absolute atomic E-state index is 5.53. The lowest BCUT2D eigenvalue weighted by atomic mass is 10.2. The zero-order valence-corrected chi connectivity index (χ0v) is 15.1. The van der Waals surface area contributed by atoms with Crippen LogP contribution in [-0.2, 0) is 4.74 Å². The van der Waals surface area contributed by atoms with Gasteiger partial charge in [0.25, 0.3) is 0 Å². The summed E-state index contributed by atoms with van der Waals surface area (Å²) in [7, 11) is 0. The van der Waals surface area contributed by atoms with E-state index in [1.165, 1.54) is 5.56 Å². The molecule has 0 fully saturated rings. The van der Waals surface area contributed by atoms with Crippen LogP contribution in [-0.4, -0.2) is 19.6 Å². The molecule has 0 amide bonds. The number of aromatic amines is 1. The molecule has 0 spiro atoms. The van der Waals surface area contributed by atoms with Gasteiger partial charge in [-0.15, -0.1) is 0 Å². The lowest BCUT2D eigenvalue weighted by molar-refractivity contribution is 0.560. The third kappa shape index (κ3) is 3.88. The molecule has 5 heteroatoms. The second-order valence-electron chi connectivity index (χ2n) is 3.67. The van der Waals surface area contributed by atoms with E-state index in [0.29, 0.717) is 0 Å². The predicted molar refractivity (Wildman–Crippen MR) is 95.8 cm³/mol.